The van der Waals surface area contributed by atoms with Gasteiger partial charge in [0.25, 0.3) is 6.43 Å². The number of hydrogen-bond donors (Lipinski definition) is 0. The number of halogens is 4. The number of pyridine rings is 1. The van der Waals surface area contributed by atoms with Crippen molar-refractivity contribution in [2.24, 2.45) is 0 Å². The van der Waals surface area contributed by atoms with Crippen LogP contribution in [0.5, 0.6) is 0 Å². The summed E-state index contributed by atoms with van der Waals surface area (Å²) in [5.41, 5.74) is -0.508. The smallest absolute Gasteiger partial charge is 0.338 e. The molecule has 0 bridgehead atoms. The van der Waals surface area contributed by atoms with E-state index in [-0.39, 0.29) is 16.0 Å². The summed E-state index contributed by atoms with van der Waals surface area (Å²) in [5, 5.41) is -0.179. The number of esters is 1. The van der Waals surface area contributed by atoms with Crippen molar-refractivity contribution in [1.29, 1.82) is 0 Å². The lowest BCUT2D eigenvalue weighted by Crippen LogP contribution is -2.11. The Bertz CT molecular complexity index is 415. The number of methoxy groups -OCH3 is 1. The molecule has 16 heavy (non-hydrogen) atoms. The first-order valence-corrected chi connectivity index (χ1v) is 5.62. The van der Waals surface area contributed by atoms with E-state index in [1.54, 1.807) is 0 Å². The van der Waals surface area contributed by atoms with E-state index in [2.05, 4.69) is 25.7 Å². The lowest BCUT2D eigenvalue weighted by molar-refractivity contribution is 0.0588. The van der Waals surface area contributed by atoms with Crippen LogP contribution in [0.3, 0.4) is 0 Å². The van der Waals surface area contributed by atoms with Crippen LogP contribution in [0.1, 0.15) is 27.9 Å². The van der Waals surface area contributed by atoms with Gasteiger partial charge in [-0.1, -0.05) is 27.5 Å². The Morgan fingerprint density at radius 1 is 1.69 bits per heavy atom. The summed E-state index contributed by atoms with van der Waals surface area (Å²) in [6, 6.07) is 0. The standard InChI is InChI=1S/C9H7BrClF2NO2/c1-16-9(15)5-4(2-10)3-14-7(11)6(5)8(12)13/h3,8H,2H2,1H3. The fourth-order valence-corrected chi connectivity index (χ4v) is 1.84. The number of carbonyl (C=O) groups is 1. The summed E-state index contributed by atoms with van der Waals surface area (Å²) in [4.78, 5) is 15.0. The minimum atomic E-state index is -2.88. The van der Waals surface area contributed by atoms with Gasteiger partial charge < -0.3 is 4.74 Å². The fraction of sp³-hybridized carbons (Fsp3) is 0.333. The second-order valence-electron chi connectivity index (χ2n) is 2.79. The second kappa shape index (κ2) is 5.54. The molecule has 0 aromatic carbocycles. The molecule has 1 rings (SSSR count). The van der Waals surface area contributed by atoms with Crippen molar-refractivity contribution >= 4 is 33.5 Å². The zero-order chi connectivity index (χ0) is 12.3. The van der Waals surface area contributed by atoms with Gasteiger partial charge in [0.2, 0.25) is 0 Å². The molecule has 0 atom stereocenters. The van der Waals surface area contributed by atoms with Crippen LogP contribution in [-0.4, -0.2) is 18.1 Å². The third-order valence-electron chi connectivity index (χ3n) is 1.90. The van der Waals surface area contributed by atoms with E-state index < -0.39 is 18.0 Å². The normalized spacial score (nSPS) is 10.6. The summed E-state index contributed by atoms with van der Waals surface area (Å²) in [5.74, 6) is -0.853. The number of carbonyl (C=O) groups excluding carboxylic acids is 1. The van der Waals surface area contributed by atoms with Crippen molar-refractivity contribution < 1.29 is 18.3 Å². The Labute approximate surface area is 104 Å². The Morgan fingerprint density at radius 2 is 2.31 bits per heavy atom. The van der Waals surface area contributed by atoms with Crippen LogP contribution in [0.2, 0.25) is 5.15 Å². The maximum atomic E-state index is 12.8. The van der Waals surface area contributed by atoms with E-state index in [1.807, 2.05) is 0 Å². The summed E-state index contributed by atoms with van der Waals surface area (Å²) in [7, 11) is 1.12. The minimum absolute atomic E-state index is 0.210. The van der Waals surface area contributed by atoms with Gasteiger partial charge in [0.05, 0.1) is 18.2 Å². The van der Waals surface area contributed by atoms with Crippen LogP contribution >= 0.6 is 27.5 Å². The molecule has 0 N–H and O–H groups in total. The predicted molar refractivity (Wildman–Crippen MR) is 58.2 cm³/mol. The second-order valence-corrected chi connectivity index (χ2v) is 3.71. The van der Waals surface area contributed by atoms with E-state index in [1.165, 1.54) is 6.20 Å². The lowest BCUT2D eigenvalue weighted by atomic mass is 10.1. The van der Waals surface area contributed by atoms with Crippen molar-refractivity contribution in [2.75, 3.05) is 7.11 Å². The van der Waals surface area contributed by atoms with Gasteiger partial charge in [-0.3, -0.25) is 0 Å². The molecule has 1 aromatic rings. The quantitative estimate of drug-likeness (QED) is 0.488. The molecule has 0 aliphatic rings. The lowest BCUT2D eigenvalue weighted by Gasteiger charge is -2.11. The first kappa shape index (κ1) is 13.3. The SMILES string of the molecule is COC(=O)c1c(CBr)cnc(Cl)c1C(F)F. The van der Waals surface area contributed by atoms with Crippen LogP contribution in [-0.2, 0) is 10.1 Å². The Hall–Kier alpha value is -0.750. The topological polar surface area (TPSA) is 39.2 Å². The molecule has 0 spiro atoms. The summed E-state index contributed by atoms with van der Waals surface area (Å²) in [6.45, 7) is 0. The van der Waals surface area contributed by atoms with Gasteiger partial charge in [0.15, 0.2) is 0 Å². The molecule has 0 aliphatic carbocycles. The molecular weight excluding hydrogens is 307 g/mol. The van der Waals surface area contributed by atoms with Crippen molar-refractivity contribution in [3.63, 3.8) is 0 Å². The maximum absolute atomic E-state index is 12.8. The fourth-order valence-electron chi connectivity index (χ4n) is 1.19. The summed E-state index contributed by atoms with van der Waals surface area (Å²) >= 11 is 8.62. The van der Waals surface area contributed by atoms with Crippen LogP contribution in [0, 0.1) is 0 Å². The molecule has 0 unspecified atom stereocenters. The molecule has 88 valence electrons. The molecule has 0 amide bonds. The van der Waals surface area contributed by atoms with E-state index in [0.29, 0.717) is 5.56 Å². The molecule has 1 aromatic heterocycles. The number of nitrogens with zero attached hydrogens (tertiary/aromatic N) is 1. The Balaban J connectivity index is 3.48. The number of rotatable bonds is 3. The summed E-state index contributed by atoms with van der Waals surface area (Å²) in [6.07, 6.45) is -1.62. The van der Waals surface area contributed by atoms with Gasteiger partial charge >= 0.3 is 5.97 Å². The van der Waals surface area contributed by atoms with Crippen molar-refractivity contribution in [2.45, 2.75) is 11.8 Å². The largest absolute Gasteiger partial charge is 0.465 e. The predicted octanol–water partition coefficient (Wildman–Crippen LogP) is 3.35. The zero-order valence-electron chi connectivity index (χ0n) is 8.14. The third-order valence-corrected chi connectivity index (χ3v) is 2.80. The number of alkyl halides is 3. The van der Waals surface area contributed by atoms with E-state index in [9.17, 15) is 13.6 Å². The van der Waals surface area contributed by atoms with E-state index >= 15 is 0 Å². The van der Waals surface area contributed by atoms with E-state index in [4.69, 9.17) is 11.6 Å². The van der Waals surface area contributed by atoms with Crippen molar-refractivity contribution in [3.8, 4) is 0 Å². The average molecular weight is 315 g/mol. The number of hydrogen-bond acceptors (Lipinski definition) is 3. The van der Waals surface area contributed by atoms with Crippen molar-refractivity contribution in [3.05, 3.63) is 28.0 Å². The third kappa shape index (κ3) is 2.49. The van der Waals surface area contributed by atoms with Gasteiger partial charge in [-0.25, -0.2) is 18.6 Å². The highest BCUT2D eigenvalue weighted by molar-refractivity contribution is 9.08. The van der Waals surface area contributed by atoms with Gasteiger partial charge in [-0.05, 0) is 5.56 Å². The highest BCUT2D eigenvalue weighted by atomic mass is 79.9. The molecular formula is C9H7BrClF2NO2. The maximum Gasteiger partial charge on any atom is 0.338 e. The van der Waals surface area contributed by atoms with Gasteiger partial charge in [-0.15, -0.1) is 0 Å². The van der Waals surface area contributed by atoms with Crippen molar-refractivity contribution in [1.82, 2.24) is 4.98 Å². The number of aromatic nitrogens is 1. The van der Waals surface area contributed by atoms with Gasteiger partial charge in [-0.2, -0.15) is 0 Å². The van der Waals surface area contributed by atoms with Crippen LogP contribution in [0.15, 0.2) is 6.20 Å². The average Bonchev–Trinajstić information content (AvgIpc) is 2.27. The van der Waals surface area contributed by atoms with Crippen LogP contribution < -0.4 is 0 Å². The Morgan fingerprint density at radius 3 is 2.75 bits per heavy atom. The van der Waals surface area contributed by atoms with Gasteiger partial charge in [0.1, 0.15) is 5.15 Å². The first-order valence-electron chi connectivity index (χ1n) is 4.12. The first-order chi connectivity index (χ1) is 7.52. The monoisotopic (exact) mass is 313 g/mol. The van der Waals surface area contributed by atoms with E-state index in [0.717, 1.165) is 7.11 Å². The minimum Gasteiger partial charge on any atom is -0.465 e. The summed E-state index contributed by atoms with van der Waals surface area (Å²) < 4.78 is 30.0. The highest BCUT2D eigenvalue weighted by Crippen LogP contribution is 2.32. The zero-order valence-corrected chi connectivity index (χ0v) is 10.5. The molecule has 3 nitrogen and oxygen atoms in total. The molecule has 0 saturated carbocycles. The molecule has 7 heteroatoms. The highest BCUT2D eigenvalue weighted by Gasteiger charge is 2.26. The Kier molecular flexibility index (Phi) is 4.61. The molecule has 0 aliphatic heterocycles. The van der Waals surface area contributed by atoms with Gasteiger partial charge in [0, 0.05) is 11.5 Å². The molecule has 1 heterocycles. The van der Waals surface area contributed by atoms with Crippen LogP contribution in [0.25, 0.3) is 0 Å². The molecule has 0 fully saturated rings. The molecule has 0 radical (unpaired) electrons. The number of ether oxygens (including phenoxy) is 1. The van der Waals surface area contributed by atoms with Crippen LogP contribution in [0.4, 0.5) is 8.78 Å². The molecule has 0 saturated heterocycles.